The van der Waals surface area contributed by atoms with Crippen LogP contribution in [0.2, 0.25) is 0 Å². The van der Waals surface area contributed by atoms with E-state index < -0.39 is 11.5 Å². The van der Waals surface area contributed by atoms with Gasteiger partial charge >= 0.3 is 5.97 Å². The zero-order valence-electron chi connectivity index (χ0n) is 22.3. The van der Waals surface area contributed by atoms with E-state index in [1.165, 1.54) is 0 Å². The molecule has 0 spiro atoms. The first-order valence-corrected chi connectivity index (χ1v) is 12.8. The van der Waals surface area contributed by atoms with E-state index in [1.54, 1.807) is 0 Å². The van der Waals surface area contributed by atoms with Crippen molar-refractivity contribution in [3.8, 4) is 0 Å². The van der Waals surface area contributed by atoms with Crippen LogP contribution < -0.4 is 16.0 Å². The molecule has 1 amide bonds. The maximum absolute atomic E-state index is 12.9. The van der Waals surface area contributed by atoms with E-state index in [2.05, 4.69) is 43.6 Å². The first-order chi connectivity index (χ1) is 15.8. The fraction of sp³-hybridized carbons (Fsp3) is 0.667. The zero-order valence-corrected chi connectivity index (χ0v) is 23.1. The van der Waals surface area contributed by atoms with E-state index in [0.717, 1.165) is 18.4 Å². The number of benzene rings is 1. The SMILES string of the molecule is CC(C)NC(=S)NC(CCCCNC(=O)C(C)(C)C(C)(C)C(C)C)C(=O)OCc1ccccc1. The van der Waals surface area contributed by atoms with E-state index >= 15 is 0 Å². The predicted molar refractivity (Wildman–Crippen MR) is 143 cm³/mol. The minimum atomic E-state index is -0.547. The molecule has 6 nitrogen and oxygen atoms in total. The van der Waals surface area contributed by atoms with Crippen LogP contribution in [0.5, 0.6) is 0 Å². The number of thiocarbonyl (C=S) groups is 1. The van der Waals surface area contributed by atoms with Crippen LogP contribution in [0, 0.1) is 16.7 Å². The summed E-state index contributed by atoms with van der Waals surface area (Å²) in [7, 11) is 0. The highest BCUT2D eigenvalue weighted by molar-refractivity contribution is 7.80. The second kappa shape index (κ2) is 13.7. The molecule has 1 rings (SSSR count). The molecule has 0 aliphatic heterocycles. The zero-order chi connectivity index (χ0) is 25.9. The van der Waals surface area contributed by atoms with Crippen LogP contribution in [-0.4, -0.2) is 35.6 Å². The molecule has 3 N–H and O–H groups in total. The summed E-state index contributed by atoms with van der Waals surface area (Å²) < 4.78 is 5.54. The van der Waals surface area contributed by atoms with Crippen LogP contribution in [0.3, 0.4) is 0 Å². The number of ether oxygens (including phenoxy) is 1. The van der Waals surface area contributed by atoms with Crippen LogP contribution in [0.4, 0.5) is 0 Å². The Balaban J connectivity index is 2.60. The third-order valence-electron chi connectivity index (χ3n) is 7.06. The van der Waals surface area contributed by atoms with Crippen molar-refractivity contribution < 1.29 is 14.3 Å². The van der Waals surface area contributed by atoms with Gasteiger partial charge in [0.15, 0.2) is 5.11 Å². The third-order valence-corrected chi connectivity index (χ3v) is 7.30. The van der Waals surface area contributed by atoms with Gasteiger partial charge in [0.2, 0.25) is 5.91 Å². The fourth-order valence-electron chi connectivity index (χ4n) is 3.45. The number of hydrogen-bond acceptors (Lipinski definition) is 4. The molecule has 0 aliphatic carbocycles. The molecule has 34 heavy (non-hydrogen) atoms. The summed E-state index contributed by atoms with van der Waals surface area (Å²) in [6, 6.07) is 9.22. The summed E-state index contributed by atoms with van der Waals surface area (Å²) in [5.41, 5.74) is 0.321. The van der Waals surface area contributed by atoms with Crippen LogP contribution in [0.15, 0.2) is 30.3 Å². The number of carbonyl (C=O) groups is 2. The molecule has 1 atom stereocenters. The Labute approximate surface area is 212 Å². The molecule has 0 radical (unpaired) electrons. The normalized spacial score (nSPS) is 12.9. The van der Waals surface area contributed by atoms with Crippen LogP contribution in [0.25, 0.3) is 0 Å². The lowest BCUT2D eigenvalue weighted by molar-refractivity contribution is -0.147. The van der Waals surface area contributed by atoms with Gasteiger partial charge in [-0.3, -0.25) is 4.79 Å². The molecule has 0 aliphatic rings. The lowest BCUT2D eigenvalue weighted by Crippen LogP contribution is -2.49. The van der Waals surface area contributed by atoms with E-state index in [1.807, 2.05) is 58.0 Å². The summed E-state index contributed by atoms with van der Waals surface area (Å²) in [6.07, 6.45) is 2.07. The van der Waals surface area contributed by atoms with E-state index in [-0.39, 0.29) is 29.9 Å². The van der Waals surface area contributed by atoms with Gasteiger partial charge in [-0.15, -0.1) is 0 Å². The number of rotatable bonds is 13. The van der Waals surface area contributed by atoms with Crippen molar-refractivity contribution in [1.29, 1.82) is 0 Å². The minimum Gasteiger partial charge on any atom is -0.459 e. The molecule has 7 heteroatoms. The highest BCUT2D eigenvalue weighted by Crippen LogP contribution is 2.44. The van der Waals surface area contributed by atoms with E-state index in [9.17, 15) is 9.59 Å². The Hall–Kier alpha value is -2.15. The van der Waals surface area contributed by atoms with Gasteiger partial charge in [-0.05, 0) is 62.2 Å². The number of esters is 1. The van der Waals surface area contributed by atoms with Crippen molar-refractivity contribution >= 4 is 29.2 Å². The molecule has 0 aromatic heterocycles. The molecule has 1 unspecified atom stereocenters. The predicted octanol–water partition coefficient (Wildman–Crippen LogP) is 4.97. The number of nitrogens with one attached hydrogen (secondary N) is 3. The van der Waals surface area contributed by atoms with Gasteiger partial charge in [-0.2, -0.15) is 0 Å². The van der Waals surface area contributed by atoms with Gasteiger partial charge in [0, 0.05) is 18.0 Å². The van der Waals surface area contributed by atoms with Crippen molar-refractivity contribution in [3.05, 3.63) is 35.9 Å². The van der Waals surface area contributed by atoms with Crippen LogP contribution in [0.1, 0.15) is 80.2 Å². The molecule has 1 aromatic rings. The molecule has 0 saturated heterocycles. The van der Waals surface area contributed by atoms with Gasteiger partial charge in [0.1, 0.15) is 12.6 Å². The molecule has 0 saturated carbocycles. The van der Waals surface area contributed by atoms with Crippen molar-refractivity contribution in [2.24, 2.45) is 16.7 Å². The Bertz CT molecular complexity index is 792. The van der Waals surface area contributed by atoms with Crippen molar-refractivity contribution in [1.82, 2.24) is 16.0 Å². The van der Waals surface area contributed by atoms with Gasteiger partial charge in [0.05, 0.1) is 0 Å². The van der Waals surface area contributed by atoms with Crippen molar-refractivity contribution in [2.75, 3.05) is 6.54 Å². The fourth-order valence-corrected chi connectivity index (χ4v) is 3.83. The van der Waals surface area contributed by atoms with Crippen molar-refractivity contribution in [2.45, 2.75) is 93.3 Å². The lowest BCUT2D eigenvalue weighted by atomic mass is 9.61. The largest absolute Gasteiger partial charge is 0.459 e. The van der Waals surface area contributed by atoms with Crippen molar-refractivity contribution in [3.63, 3.8) is 0 Å². The second-order valence-corrected chi connectivity index (χ2v) is 11.1. The summed E-state index contributed by atoms with van der Waals surface area (Å²) in [5.74, 6) is 0.108. The Morgan fingerprint density at radius 3 is 2.15 bits per heavy atom. The smallest absolute Gasteiger partial charge is 0.328 e. The van der Waals surface area contributed by atoms with Gasteiger partial charge < -0.3 is 20.7 Å². The average Bonchev–Trinajstić information content (AvgIpc) is 2.76. The standard InChI is InChI=1S/C27H45N3O3S/c1-19(2)26(5,6)27(7,8)24(32)28-17-13-12-16-22(30-25(34)29-20(3)4)23(31)33-18-21-14-10-9-11-15-21/h9-11,14-15,19-20,22H,12-13,16-18H2,1-8H3,(H,28,32)(H2,29,30,34). The molecule has 192 valence electrons. The highest BCUT2D eigenvalue weighted by Gasteiger charge is 2.44. The van der Waals surface area contributed by atoms with Crippen LogP contribution in [-0.2, 0) is 20.9 Å². The Morgan fingerprint density at radius 2 is 1.59 bits per heavy atom. The van der Waals surface area contributed by atoms with Gasteiger partial charge in [-0.1, -0.05) is 71.9 Å². The molecular formula is C27H45N3O3S. The lowest BCUT2D eigenvalue weighted by Gasteiger charge is -2.43. The third kappa shape index (κ3) is 9.24. The molecule has 0 fully saturated rings. The minimum absolute atomic E-state index is 0.0606. The average molecular weight is 492 g/mol. The Morgan fingerprint density at radius 1 is 0.971 bits per heavy atom. The van der Waals surface area contributed by atoms with Gasteiger partial charge in [-0.25, -0.2) is 4.79 Å². The van der Waals surface area contributed by atoms with E-state index in [4.69, 9.17) is 17.0 Å². The topological polar surface area (TPSA) is 79.5 Å². The monoisotopic (exact) mass is 491 g/mol. The number of hydrogen-bond donors (Lipinski definition) is 3. The van der Waals surface area contributed by atoms with E-state index in [0.29, 0.717) is 24.0 Å². The second-order valence-electron chi connectivity index (χ2n) is 10.7. The molecule has 0 bridgehead atoms. The highest BCUT2D eigenvalue weighted by atomic mass is 32.1. The summed E-state index contributed by atoms with van der Waals surface area (Å²) in [6.45, 7) is 17.4. The first kappa shape index (κ1) is 29.9. The summed E-state index contributed by atoms with van der Waals surface area (Å²) >= 11 is 5.35. The molecule has 1 aromatic carbocycles. The molecular weight excluding hydrogens is 446 g/mol. The summed E-state index contributed by atoms with van der Waals surface area (Å²) in [5, 5.41) is 9.73. The first-order valence-electron chi connectivity index (χ1n) is 12.3. The summed E-state index contributed by atoms with van der Waals surface area (Å²) in [4.78, 5) is 25.6. The number of amides is 1. The maximum Gasteiger partial charge on any atom is 0.328 e. The van der Waals surface area contributed by atoms with Gasteiger partial charge in [0.25, 0.3) is 0 Å². The maximum atomic E-state index is 12.9. The number of carbonyl (C=O) groups excluding carboxylic acids is 2. The Kier molecular flexibility index (Phi) is 12.0. The van der Waals surface area contributed by atoms with Crippen LogP contribution >= 0.6 is 12.2 Å². The number of unbranched alkanes of at least 4 members (excludes halogenated alkanes) is 1. The quantitative estimate of drug-likeness (QED) is 0.205. The molecule has 0 heterocycles.